The third kappa shape index (κ3) is 7.53. The summed E-state index contributed by atoms with van der Waals surface area (Å²) in [5.41, 5.74) is 0.990. The fourth-order valence-corrected chi connectivity index (χ4v) is 5.46. The lowest BCUT2D eigenvalue weighted by atomic mass is 10.1. The normalized spacial score (nSPS) is 12.6. The molecule has 0 radical (unpaired) electrons. The number of rotatable bonds is 13. The molecule has 0 spiro atoms. The molecule has 3 rings (SSSR count). The largest absolute Gasteiger partial charge is 0.497 e. The molecule has 3 aromatic carbocycles. The molecule has 10 heteroatoms. The standard InChI is InChI=1S/C30H37N3O6S/c1-6-22(2)31-30(35)23(3)32(20-24-12-10-14-26(18-24)38-4)29(34)21-33(25-13-11-15-27(19-25)39-5)40(36,37)28-16-8-7-9-17-28/h7-19,22-23H,6,20-21H2,1-5H3,(H,31,35)/t22-,23+/m0/s1. The number of hydrogen-bond donors (Lipinski definition) is 1. The molecule has 214 valence electrons. The predicted molar refractivity (Wildman–Crippen MR) is 155 cm³/mol. The van der Waals surface area contributed by atoms with Crippen LogP contribution < -0.4 is 19.1 Å². The highest BCUT2D eigenvalue weighted by atomic mass is 32.2. The Balaban J connectivity index is 2.04. The summed E-state index contributed by atoms with van der Waals surface area (Å²) in [6.07, 6.45) is 0.723. The second kappa shape index (κ2) is 13.8. The first-order valence-corrected chi connectivity index (χ1v) is 14.5. The molecule has 0 aliphatic heterocycles. The molecule has 0 aliphatic carbocycles. The molecule has 0 heterocycles. The summed E-state index contributed by atoms with van der Waals surface area (Å²) in [5.74, 6) is 0.167. The Hall–Kier alpha value is -4.05. The number of carbonyl (C=O) groups is 2. The zero-order valence-electron chi connectivity index (χ0n) is 23.5. The van der Waals surface area contributed by atoms with Crippen LogP contribution in [0.4, 0.5) is 5.69 Å². The highest BCUT2D eigenvalue weighted by Crippen LogP contribution is 2.27. The van der Waals surface area contributed by atoms with Crippen molar-refractivity contribution in [2.75, 3.05) is 25.1 Å². The minimum atomic E-state index is -4.15. The van der Waals surface area contributed by atoms with Crippen LogP contribution in [0.15, 0.2) is 83.8 Å². The smallest absolute Gasteiger partial charge is 0.264 e. The minimum Gasteiger partial charge on any atom is -0.497 e. The Kier molecular flexibility index (Phi) is 10.6. The number of amides is 2. The molecule has 2 amide bonds. The highest BCUT2D eigenvalue weighted by Gasteiger charge is 2.33. The van der Waals surface area contributed by atoms with Crippen molar-refractivity contribution in [3.63, 3.8) is 0 Å². The summed E-state index contributed by atoms with van der Waals surface area (Å²) in [6.45, 7) is 5.01. The van der Waals surface area contributed by atoms with Gasteiger partial charge >= 0.3 is 0 Å². The van der Waals surface area contributed by atoms with E-state index in [2.05, 4.69) is 5.32 Å². The van der Waals surface area contributed by atoms with Crippen molar-refractivity contribution in [3.05, 3.63) is 84.4 Å². The molecule has 0 aromatic heterocycles. The van der Waals surface area contributed by atoms with Crippen LogP contribution in [0.25, 0.3) is 0 Å². The first-order chi connectivity index (χ1) is 19.1. The zero-order chi connectivity index (χ0) is 29.3. The average molecular weight is 568 g/mol. The van der Waals surface area contributed by atoms with E-state index in [-0.39, 0.29) is 29.1 Å². The summed E-state index contributed by atoms with van der Waals surface area (Å²) >= 11 is 0. The summed E-state index contributed by atoms with van der Waals surface area (Å²) in [6, 6.07) is 20.6. The van der Waals surface area contributed by atoms with Crippen molar-refractivity contribution in [3.8, 4) is 11.5 Å². The van der Waals surface area contributed by atoms with Gasteiger partial charge in [-0.1, -0.05) is 43.3 Å². The van der Waals surface area contributed by atoms with Gasteiger partial charge in [-0.25, -0.2) is 8.42 Å². The summed E-state index contributed by atoms with van der Waals surface area (Å²) in [7, 11) is -1.12. The van der Waals surface area contributed by atoms with Gasteiger partial charge in [-0.05, 0) is 62.2 Å². The van der Waals surface area contributed by atoms with Crippen molar-refractivity contribution in [2.24, 2.45) is 0 Å². The predicted octanol–water partition coefficient (Wildman–Crippen LogP) is 4.23. The van der Waals surface area contributed by atoms with Crippen LogP contribution in [-0.2, 0) is 26.2 Å². The van der Waals surface area contributed by atoms with Gasteiger partial charge in [0.1, 0.15) is 24.1 Å². The van der Waals surface area contributed by atoms with Crippen molar-refractivity contribution in [1.82, 2.24) is 10.2 Å². The number of methoxy groups -OCH3 is 2. The Bertz CT molecular complexity index is 1400. The topological polar surface area (TPSA) is 105 Å². The average Bonchev–Trinajstić information content (AvgIpc) is 2.98. The molecule has 3 aromatic rings. The molecule has 0 saturated carbocycles. The molecule has 0 fully saturated rings. The van der Waals surface area contributed by atoms with Crippen molar-refractivity contribution >= 4 is 27.5 Å². The minimum absolute atomic E-state index is 0.0347. The maximum Gasteiger partial charge on any atom is 0.264 e. The third-order valence-corrected chi connectivity index (χ3v) is 8.39. The molecule has 9 nitrogen and oxygen atoms in total. The van der Waals surface area contributed by atoms with Gasteiger partial charge in [0.05, 0.1) is 24.8 Å². The number of hydrogen-bond acceptors (Lipinski definition) is 6. The van der Waals surface area contributed by atoms with E-state index in [0.29, 0.717) is 11.5 Å². The van der Waals surface area contributed by atoms with Gasteiger partial charge in [-0.2, -0.15) is 0 Å². The van der Waals surface area contributed by atoms with Crippen LogP contribution in [0.1, 0.15) is 32.8 Å². The van der Waals surface area contributed by atoms with E-state index < -0.39 is 28.5 Å². The van der Waals surface area contributed by atoms with Crippen molar-refractivity contribution in [1.29, 1.82) is 0 Å². The first-order valence-electron chi connectivity index (χ1n) is 13.0. The van der Waals surface area contributed by atoms with E-state index >= 15 is 0 Å². The Morgan fingerprint density at radius 1 is 0.875 bits per heavy atom. The Morgan fingerprint density at radius 3 is 2.12 bits per heavy atom. The molecule has 0 bridgehead atoms. The molecule has 40 heavy (non-hydrogen) atoms. The Labute approximate surface area is 236 Å². The van der Waals surface area contributed by atoms with Gasteiger partial charge in [0, 0.05) is 18.7 Å². The Morgan fingerprint density at radius 2 is 1.50 bits per heavy atom. The first kappa shape index (κ1) is 30.5. The highest BCUT2D eigenvalue weighted by molar-refractivity contribution is 7.92. The number of sulfonamides is 1. The van der Waals surface area contributed by atoms with Gasteiger partial charge in [-0.15, -0.1) is 0 Å². The SMILES string of the molecule is CC[C@H](C)NC(=O)[C@@H](C)N(Cc1cccc(OC)c1)C(=O)CN(c1cccc(OC)c1)S(=O)(=O)c1ccccc1. The fourth-order valence-electron chi connectivity index (χ4n) is 4.03. The molecular formula is C30H37N3O6S. The second-order valence-corrected chi connectivity index (χ2v) is 11.3. The fraction of sp³-hybridized carbons (Fsp3) is 0.333. The lowest BCUT2D eigenvalue weighted by molar-refractivity contribution is -0.139. The molecule has 0 aliphatic rings. The number of nitrogens with zero attached hydrogens (tertiary/aromatic N) is 2. The monoisotopic (exact) mass is 567 g/mol. The molecular weight excluding hydrogens is 530 g/mol. The zero-order valence-corrected chi connectivity index (χ0v) is 24.4. The van der Waals surface area contributed by atoms with Crippen LogP contribution in [0.3, 0.4) is 0 Å². The van der Waals surface area contributed by atoms with Crippen LogP contribution in [0.5, 0.6) is 11.5 Å². The molecule has 2 atom stereocenters. The number of benzene rings is 3. The van der Waals surface area contributed by atoms with Gasteiger partial charge in [0.15, 0.2) is 0 Å². The van der Waals surface area contributed by atoms with E-state index in [0.717, 1.165) is 16.3 Å². The van der Waals surface area contributed by atoms with Gasteiger partial charge in [0.2, 0.25) is 11.8 Å². The van der Waals surface area contributed by atoms with Crippen LogP contribution in [0, 0.1) is 0 Å². The number of carbonyl (C=O) groups excluding carboxylic acids is 2. The third-order valence-electron chi connectivity index (χ3n) is 6.61. The van der Waals surface area contributed by atoms with Crippen LogP contribution in [-0.4, -0.2) is 58.0 Å². The van der Waals surface area contributed by atoms with E-state index in [1.165, 1.54) is 24.1 Å². The van der Waals surface area contributed by atoms with E-state index in [1.807, 2.05) is 19.9 Å². The van der Waals surface area contributed by atoms with Gasteiger partial charge in [-0.3, -0.25) is 13.9 Å². The van der Waals surface area contributed by atoms with Crippen LogP contribution >= 0.6 is 0 Å². The number of anilines is 1. The second-order valence-electron chi connectivity index (χ2n) is 9.39. The van der Waals surface area contributed by atoms with E-state index in [4.69, 9.17) is 9.47 Å². The number of ether oxygens (including phenoxy) is 2. The summed E-state index contributed by atoms with van der Waals surface area (Å²) in [4.78, 5) is 28.6. The maximum atomic E-state index is 14.0. The van der Waals surface area contributed by atoms with Gasteiger partial charge < -0.3 is 19.7 Å². The molecule has 0 unspecified atom stereocenters. The lowest BCUT2D eigenvalue weighted by Gasteiger charge is -2.32. The quantitative estimate of drug-likeness (QED) is 0.332. The summed E-state index contributed by atoms with van der Waals surface area (Å²) < 4.78 is 39.4. The molecule has 1 N–H and O–H groups in total. The van der Waals surface area contributed by atoms with Crippen molar-refractivity contribution < 1.29 is 27.5 Å². The van der Waals surface area contributed by atoms with E-state index in [9.17, 15) is 18.0 Å². The van der Waals surface area contributed by atoms with Crippen LogP contribution in [0.2, 0.25) is 0 Å². The number of nitrogens with one attached hydrogen (secondary N) is 1. The maximum absolute atomic E-state index is 14.0. The van der Waals surface area contributed by atoms with Gasteiger partial charge in [0.25, 0.3) is 10.0 Å². The van der Waals surface area contributed by atoms with Crippen molar-refractivity contribution in [2.45, 2.75) is 50.7 Å². The molecule has 0 saturated heterocycles. The van der Waals surface area contributed by atoms with E-state index in [1.54, 1.807) is 74.7 Å². The lowest BCUT2D eigenvalue weighted by Crippen LogP contribution is -2.52. The summed E-state index contributed by atoms with van der Waals surface area (Å²) in [5, 5.41) is 2.92.